The number of aromatic nitrogens is 1. The Bertz CT molecular complexity index is 551. The molecule has 10 heteroatoms. The first-order chi connectivity index (χ1) is 9.61. The average Bonchev–Trinajstić information content (AvgIpc) is 2.38. The maximum Gasteiger partial charge on any atom is 0.405 e. The van der Waals surface area contributed by atoms with Crippen LogP contribution >= 0.6 is 11.6 Å². The molecule has 21 heavy (non-hydrogen) atoms. The number of esters is 1. The van der Waals surface area contributed by atoms with Crippen molar-refractivity contribution in [2.24, 2.45) is 0 Å². The van der Waals surface area contributed by atoms with Crippen LogP contribution in [0.3, 0.4) is 0 Å². The minimum absolute atomic E-state index is 0.126. The average molecular weight is 326 g/mol. The molecule has 0 unspecified atom stereocenters. The molecule has 1 heterocycles. The van der Waals surface area contributed by atoms with Gasteiger partial charge in [-0.15, -0.1) is 0 Å². The number of rotatable bonds is 4. The van der Waals surface area contributed by atoms with Crippen LogP contribution in [0.1, 0.15) is 17.3 Å². The van der Waals surface area contributed by atoms with Gasteiger partial charge in [-0.05, 0) is 13.0 Å². The Labute approximate surface area is 122 Å². The summed E-state index contributed by atoms with van der Waals surface area (Å²) in [6, 6.07) is 1.21. The molecule has 1 atom stereocenters. The number of anilines is 1. The van der Waals surface area contributed by atoms with Gasteiger partial charge in [0.25, 0.3) is 5.91 Å². The summed E-state index contributed by atoms with van der Waals surface area (Å²) in [5.41, 5.74) is 5.23. The number of hydrogen-bond acceptors (Lipinski definition) is 5. The van der Waals surface area contributed by atoms with E-state index in [0.29, 0.717) is 0 Å². The van der Waals surface area contributed by atoms with Crippen molar-refractivity contribution >= 4 is 29.2 Å². The fraction of sp³-hybridized carbons (Fsp3) is 0.364. The predicted molar refractivity (Wildman–Crippen MR) is 67.6 cm³/mol. The van der Waals surface area contributed by atoms with Gasteiger partial charge in [0, 0.05) is 6.20 Å². The number of pyridine rings is 1. The lowest BCUT2D eigenvalue weighted by Gasteiger charge is -2.15. The van der Waals surface area contributed by atoms with Crippen LogP contribution in [-0.2, 0) is 9.53 Å². The highest BCUT2D eigenvalue weighted by atomic mass is 35.5. The van der Waals surface area contributed by atoms with Crippen LogP contribution in [0.15, 0.2) is 12.3 Å². The third-order valence-electron chi connectivity index (χ3n) is 2.28. The summed E-state index contributed by atoms with van der Waals surface area (Å²) in [6.07, 6.45) is -4.78. The Hall–Kier alpha value is -2.03. The topological polar surface area (TPSA) is 94.3 Å². The Balaban J connectivity index is 2.66. The van der Waals surface area contributed by atoms with E-state index in [0.717, 1.165) is 6.92 Å². The molecular weight excluding hydrogens is 315 g/mol. The SMILES string of the molecule is C[C@@H](OC(=O)c1ccnc(Cl)c1N)C(=O)NCC(F)(F)F. The second-order valence-corrected chi connectivity index (χ2v) is 4.30. The Morgan fingerprint density at radius 1 is 1.52 bits per heavy atom. The first kappa shape index (κ1) is 17.0. The van der Waals surface area contributed by atoms with Gasteiger partial charge < -0.3 is 15.8 Å². The van der Waals surface area contributed by atoms with E-state index in [1.807, 2.05) is 0 Å². The third kappa shape index (κ3) is 5.10. The molecule has 1 amide bonds. The summed E-state index contributed by atoms with van der Waals surface area (Å²) in [5, 5.41) is 1.47. The maximum atomic E-state index is 11.9. The predicted octanol–water partition coefficient (Wildman–Crippen LogP) is 1.54. The maximum absolute atomic E-state index is 11.9. The zero-order valence-electron chi connectivity index (χ0n) is 10.7. The zero-order chi connectivity index (χ0) is 16.2. The molecule has 0 spiro atoms. The molecule has 0 saturated carbocycles. The van der Waals surface area contributed by atoms with Gasteiger partial charge in [0.2, 0.25) is 0 Å². The molecule has 116 valence electrons. The summed E-state index contributed by atoms with van der Waals surface area (Å²) >= 11 is 5.61. The standard InChI is InChI=1S/C11H11ClF3N3O3/c1-5(9(19)18-4-11(13,14)15)21-10(20)6-2-3-17-8(12)7(6)16/h2-3,5H,4,16H2,1H3,(H,18,19)/t5-/m1/s1. The lowest BCUT2D eigenvalue weighted by molar-refractivity contribution is -0.143. The second-order valence-electron chi connectivity index (χ2n) is 3.94. The van der Waals surface area contributed by atoms with Gasteiger partial charge in [-0.2, -0.15) is 13.2 Å². The molecule has 0 aliphatic heterocycles. The van der Waals surface area contributed by atoms with E-state index in [1.165, 1.54) is 12.3 Å². The number of nitrogens with one attached hydrogen (secondary N) is 1. The number of amides is 1. The van der Waals surface area contributed by atoms with Crippen molar-refractivity contribution in [1.29, 1.82) is 0 Å². The zero-order valence-corrected chi connectivity index (χ0v) is 11.5. The highest BCUT2D eigenvalue weighted by molar-refractivity contribution is 6.32. The van der Waals surface area contributed by atoms with Crippen molar-refractivity contribution in [1.82, 2.24) is 10.3 Å². The van der Waals surface area contributed by atoms with Crippen molar-refractivity contribution in [3.05, 3.63) is 23.0 Å². The third-order valence-corrected chi connectivity index (χ3v) is 2.58. The quantitative estimate of drug-likeness (QED) is 0.647. The Morgan fingerprint density at radius 3 is 2.71 bits per heavy atom. The molecule has 0 aliphatic rings. The van der Waals surface area contributed by atoms with Crippen LogP contribution < -0.4 is 11.1 Å². The molecule has 1 rings (SSSR count). The number of carbonyl (C=O) groups is 2. The number of ether oxygens (including phenoxy) is 1. The molecule has 1 aromatic heterocycles. The fourth-order valence-electron chi connectivity index (χ4n) is 1.23. The van der Waals surface area contributed by atoms with Gasteiger partial charge >= 0.3 is 12.1 Å². The molecule has 3 N–H and O–H groups in total. The monoisotopic (exact) mass is 325 g/mol. The van der Waals surface area contributed by atoms with Crippen LogP contribution in [0.4, 0.5) is 18.9 Å². The molecule has 0 fully saturated rings. The number of halogens is 4. The minimum Gasteiger partial charge on any atom is -0.449 e. The van der Waals surface area contributed by atoms with E-state index in [-0.39, 0.29) is 16.4 Å². The first-order valence-corrected chi connectivity index (χ1v) is 5.95. The largest absolute Gasteiger partial charge is 0.449 e. The van der Waals surface area contributed by atoms with Crippen LogP contribution in [0.5, 0.6) is 0 Å². The van der Waals surface area contributed by atoms with Gasteiger partial charge in [0.1, 0.15) is 6.54 Å². The number of carbonyl (C=O) groups excluding carboxylic acids is 2. The van der Waals surface area contributed by atoms with E-state index >= 15 is 0 Å². The number of hydrogen-bond donors (Lipinski definition) is 2. The molecule has 6 nitrogen and oxygen atoms in total. The summed E-state index contributed by atoms with van der Waals surface area (Å²) in [5.74, 6) is -2.08. The lowest BCUT2D eigenvalue weighted by atomic mass is 10.2. The molecule has 0 bridgehead atoms. The van der Waals surface area contributed by atoms with E-state index in [1.54, 1.807) is 5.32 Å². The highest BCUT2D eigenvalue weighted by Gasteiger charge is 2.29. The molecular formula is C11H11ClF3N3O3. The molecule has 0 saturated heterocycles. The van der Waals surface area contributed by atoms with Crippen LogP contribution in [-0.4, -0.2) is 35.7 Å². The summed E-state index contributed by atoms with van der Waals surface area (Å²) < 4.78 is 40.5. The van der Waals surface area contributed by atoms with Crippen molar-refractivity contribution in [3.8, 4) is 0 Å². The van der Waals surface area contributed by atoms with Crippen molar-refractivity contribution < 1.29 is 27.5 Å². The van der Waals surface area contributed by atoms with E-state index in [2.05, 4.69) is 4.98 Å². The lowest BCUT2D eigenvalue weighted by Crippen LogP contribution is -2.40. The van der Waals surface area contributed by atoms with E-state index < -0.39 is 30.7 Å². The molecule has 1 aromatic rings. The van der Waals surface area contributed by atoms with Gasteiger partial charge in [-0.1, -0.05) is 11.6 Å². The summed E-state index contributed by atoms with van der Waals surface area (Å²) in [6.45, 7) is -0.389. The normalized spacial score (nSPS) is 12.6. The highest BCUT2D eigenvalue weighted by Crippen LogP contribution is 2.20. The van der Waals surface area contributed by atoms with Crippen LogP contribution in [0, 0.1) is 0 Å². The van der Waals surface area contributed by atoms with Crippen LogP contribution in [0.2, 0.25) is 5.15 Å². The summed E-state index contributed by atoms with van der Waals surface area (Å²) in [7, 11) is 0. The smallest absolute Gasteiger partial charge is 0.405 e. The molecule has 0 aliphatic carbocycles. The number of nitrogen functional groups attached to an aromatic ring is 1. The number of alkyl halides is 3. The summed E-state index contributed by atoms with van der Waals surface area (Å²) in [4.78, 5) is 26.7. The van der Waals surface area contributed by atoms with E-state index in [9.17, 15) is 22.8 Å². The number of nitrogens with zero attached hydrogens (tertiary/aromatic N) is 1. The van der Waals surface area contributed by atoms with Crippen molar-refractivity contribution in [2.45, 2.75) is 19.2 Å². The first-order valence-electron chi connectivity index (χ1n) is 5.57. The number of nitrogens with two attached hydrogens (primary N) is 1. The van der Waals surface area contributed by atoms with Crippen LogP contribution in [0.25, 0.3) is 0 Å². The second kappa shape index (κ2) is 6.61. The molecule has 0 radical (unpaired) electrons. The fourth-order valence-corrected chi connectivity index (χ4v) is 1.39. The van der Waals surface area contributed by atoms with Gasteiger partial charge in [0.05, 0.1) is 11.3 Å². The molecule has 0 aromatic carbocycles. The Kier molecular flexibility index (Phi) is 5.36. The van der Waals surface area contributed by atoms with Crippen molar-refractivity contribution in [3.63, 3.8) is 0 Å². The minimum atomic E-state index is -4.55. The van der Waals surface area contributed by atoms with E-state index in [4.69, 9.17) is 22.1 Å². The van der Waals surface area contributed by atoms with Gasteiger partial charge in [0.15, 0.2) is 11.3 Å². The van der Waals surface area contributed by atoms with Gasteiger partial charge in [-0.25, -0.2) is 9.78 Å². The Morgan fingerprint density at radius 2 is 2.14 bits per heavy atom. The van der Waals surface area contributed by atoms with Crippen molar-refractivity contribution in [2.75, 3.05) is 12.3 Å². The van der Waals surface area contributed by atoms with Gasteiger partial charge in [-0.3, -0.25) is 4.79 Å².